The minimum absolute atomic E-state index is 0.00213. The zero-order valence-corrected chi connectivity index (χ0v) is 22.6. The number of nitrogens with one attached hydrogen (secondary N) is 1. The molecule has 39 heavy (non-hydrogen) atoms. The van der Waals surface area contributed by atoms with Crippen molar-refractivity contribution in [3.63, 3.8) is 0 Å². The first-order chi connectivity index (χ1) is 18.6. The van der Waals surface area contributed by atoms with Crippen molar-refractivity contribution < 1.29 is 27.5 Å². The molecule has 1 aliphatic rings. The standard InChI is InChI=1S/C31H35F3N2O3/c1-4-20(3)36-23(13-9-12-21-10-7-6-8-11-21)15-17-28(36)29(37)35-27-18-22(14-16-26(27)31(32,33)34)24-19-25(24)30(38)39-5-2/h6-8,10-11,14-18,20,24-25H,4-5,9,12-13,19H2,1-3H3,(H,35,37)/t20-,24?,25?/m0/s1. The van der Waals surface area contributed by atoms with Gasteiger partial charge < -0.3 is 14.6 Å². The molecule has 0 bridgehead atoms. The van der Waals surface area contributed by atoms with E-state index in [9.17, 15) is 22.8 Å². The number of ether oxygens (including phenoxy) is 1. The molecule has 0 saturated heterocycles. The van der Waals surface area contributed by atoms with Crippen LogP contribution in [0.4, 0.5) is 18.9 Å². The number of hydrogen-bond acceptors (Lipinski definition) is 3. The van der Waals surface area contributed by atoms with Crippen molar-refractivity contribution in [1.29, 1.82) is 0 Å². The Morgan fingerprint density at radius 1 is 1.05 bits per heavy atom. The number of rotatable bonds is 11. The Morgan fingerprint density at radius 3 is 2.46 bits per heavy atom. The van der Waals surface area contributed by atoms with Crippen LogP contribution in [0.3, 0.4) is 0 Å². The summed E-state index contributed by atoms with van der Waals surface area (Å²) in [6, 6.07) is 17.4. The Balaban J connectivity index is 1.56. The van der Waals surface area contributed by atoms with Gasteiger partial charge in [-0.05, 0) is 87.3 Å². The molecule has 8 heteroatoms. The lowest BCUT2D eigenvalue weighted by molar-refractivity contribution is -0.144. The van der Waals surface area contributed by atoms with E-state index in [1.165, 1.54) is 17.7 Å². The van der Waals surface area contributed by atoms with Gasteiger partial charge in [0, 0.05) is 11.7 Å². The van der Waals surface area contributed by atoms with E-state index < -0.39 is 17.6 Å². The van der Waals surface area contributed by atoms with Gasteiger partial charge >= 0.3 is 12.1 Å². The van der Waals surface area contributed by atoms with Crippen LogP contribution in [0.1, 0.15) is 84.9 Å². The van der Waals surface area contributed by atoms with Crippen LogP contribution in [0.25, 0.3) is 0 Å². The second-order valence-corrected chi connectivity index (χ2v) is 10.1. The van der Waals surface area contributed by atoms with Gasteiger partial charge in [-0.1, -0.05) is 43.3 Å². The predicted octanol–water partition coefficient (Wildman–Crippen LogP) is 7.57. The molecule has 1 aromatic heterocycles. The molecule has 2 aromatic carbocycles. The van der Waals surface area contributed by atoms with Crippen LogP contribution in [0.15, 0.2) is 60.7 Å². The Bertz CT molecular complexity index is 1300. The molecule has 0 aliphatic heterocycles. The normalized spacial score (nSPS) is 17.5. The molecule has 3 aromatic rings. The lowest BCUT2D eigenvalue weighted by Gasteiger charge is -2.20. The molecule has 1 heterocycles. The zero-order valence-electron chi connectivity index (χ0n) is 22.6. The van der Waals surface area contributed by atoms with E-state index in [4.69, 9.17) is 4.74 Å². The number of nitrogens with zero attached hydrogens (tertiary/aromatic N) is 1. The van der Waals surface area contributed by atoms with E-state index in [-0.39, 0.29) is 36.1 Å². The zero-order chi connectivity index (χ0) is 28.2. The number of halogens is 3. The van der Waals surface area contributed by atoms with Gasteiger partial charge in [-0.3, -0.25) is 9.59 Å². The van der Waals surface area contributed by atoms with Gasteiger partial charge in [0.05, 0.1) is 23.8 Å². The SMILES string of the molecule is CCOC(=O)C1CC1c1ccc(C(F)(F)F)c(NC(=O)c2ccc(CCCc3ccccc3)n2[C@@H](C)CC)c1. The third-order valence-corrected chi connectivity index (χ3v) is 7.41. The number of esters is 1. The number of carbonyl (C=O) groups is 2. The first-order valence-corrected chi connectivity index (χ1v) is 13.6. The first-order valence-electron chi connectivity index (χ1n) is 13.6. The summed E-state index contributed by atoms with van der Waals surface area (Å²) in [6.45, 7) is 5.98. The molecule has 1 amide bonds. The fourth-order valence-corrected chi connectivity index (χ4v) is 5.10. The predicted molar refractivity (Wildman–Crippen MR) is 145 cm³/mol. The van der Waals surface area contributed by atoms with Gasteiger partial charge in [0.1, 0.15) is 5.69 Å². The Labute approximate surface area is 227 Å². The number of anilines is 1. The summed E-state index contributed by atoms with van der Waals surface area (Å²) in [7, 11) is 0. The van der Waals surface area contributed by atoms with Gasteiger partial charge in [0.15, 0.2) is 0 Å². The quantitative estimate of drug-likeness (QED) is 0.255. The number of carbonyl (C=O) groups excluding carboxylic acids is 2. The Kier molecular flexibility index (Phi) is 8.83. The summed E-state index contributed by atoms with van der Waals surface area (Å²) >= 11 is 0. The highest BCUT2D eigenvalue weighted by Crippen LogP contribution is 2.49. The maximum atomic E-state index is 13.9. The van der Waals surface area contributed by atoms with Crippen LogP contribution in [-0.4, -0.2) is 23.1 Å². The average molecular weight is 541 g/mol. The fraction of sp³-hybridized carbons (Fsp3) is 0.419. The second kappa shape index (κ2) is 12.1. The lowest BCUT2D eigenvalue weighted by atomic mass is 10.0. The molecule has 1 aliphatic carbocycles. The summed E-state index contributed by atoms with van der Waals surface area (Å²) in [6.07, 6.45) is -0.848. The smallest absolute Gasteiger partial charge is 0.418 e. The molecule has 0 spiro atoms. The summed E-state index contributed by atoms with van der Waals surface area (Å²) in [5.41, 5.74) is 1.89. The summed E-state index contributed by atoms with van der Waals surface area (Å²) < 4.78 is 48.6. The van der Waals surface area contributed by atoms with Crippen molar-refractivity contribution in [3.05, 3.63) is 88.7 Å². The van der Waals surface area contributed by atoms with Gasteiger partial charge in [-0.2, -0.15) is 13.2 Å². The van der Waals surface area contributed by atoms with E-state index >= 15 is 0 Å². The molecule has 208 valence electrons. The molecular weight excluding hydrogens is 505 g/mol. The number of benzene rings is 2. The summed E-state index contributed by atoms with van der Waals surface area (Å²) in [5.74, 6) is -1.53. The van der Waals surface area contributed by atoms with Crippen LogP contribution in [0.2, 0.25) is 0 Å². The van der Waals surface area contributed by atoms with Crippen molar-refractivity contribution >= 4 is 17.6 Å². The monoisotopic (exact) mass is 540 g/mol. The fourth-order valence-electron chi connectivity index (χ4n) is 5.10. The van der Waals surface area contributed by atoms with E-state index in [1.54, 1.807) is 13.0 Å². The highest BCUT2D eigenvalue weighted by molar-refractivity contribution is 6.04. The van der Waals surface area contributed by atoms with E-state index in [0.717, 1.165) is 37.4 Å². The van der Waals surface area contributed by atoms with Crippen molar-refractivity contribution in [1.82, 2.24) is 4.57 Å². The molecular formula is C31H35F3N2O3. The molecule has 3 atom stereocenters. The van der Waals surface area contributed by atoms with Crippen molar-refractivity contribution in [2.45, 2.75) is 71.0 Å². The largest absolute Gasteiger partial charge is 0.466 e. The van der Waals surface area contributed by atoms with Crippen LogP contribution >= 0.6 is 0 Å². The van der Waals surface area contributed by atoms with Crippen LogP contribution in [-0.2, 0) is 28.5 Å². The van der Waals surface area contributed by atoms with Gasteiger partial charge in [0.25, 0.3) is 5.91 Å². The molecule has 0 radical (unpaired) electrons. The first kappa shape index (κ1) is 28.5. The van der Waals surface area contributed by atoms with Crippen molar-refractivity contribution in [2.75, 3.05) is 11.9 Å². The van der Waals surface area contributed by atoms with Gasteiger partial charge in [0.2, 0.25) is 0 Å². The third-order valence-electron chi connectivity index (χ3n) is 7.41. The number of aryl methyl sites for hydroxylation is 2. The van der Waals surface area contributed by atoms with Crippen LogP contribution < -0.4 is 5.32 Å². The average Bonchev–Trinajstić information content (AvgIpc) is 3.61. The Hall–Kier alpha value is -3.55. The molecule has 2 unspecified atom stereocenters. The minimum Gasteiger partial charge on any atom is -0.466 e. The van der Waals surface area contributed by atoms with Gasteiger partial charge in [-0.25, -0.2) is 0 Å². The molecule has 1 saturated carbocycles. The highest BCUT2D eigenvalue weighted by Gasteiger charge is 2.46. The summed E-state index contributed by atoms with van der Waals surface area (Å²) in [5, 5.41) is 2.54. The maximum absolute atomic E-state index is 13.9. The number of aromatic nitrogens is 1. The number of hydrogen-bond donors (Lipinski definition) is 1. The number of alkyl halides is 3. The van der Waals surface area contributed by atoms with E-state index in [2.05, 4.69) is 17.4 Å². The molecule has 1 N–H and O–H groups in total. The second-order valence-electron chi connectivity index (χ2n) is 10.1. The molecule has 5 nitrogen and oxygen atoms in total. The minimum atomic E-state index is -4.65. The highest BCUT2D eigenvalue weighted by atomic mass is 19.4. The Morgan fingerprint density at radius 2 is 1.79 bits per heavy atom. The van der Waals surface area contributed by atoms with Crippen molar-refractivity contribution in [2.24, 2.45) is 5.92 Å². The van der Waals surface area contributed by atoms with E-state index in [1.807, 2.05) is 42.7 Å². The maximum Gasteiger partial charge on any atom is 0.418 e. The van der Waals surface area contributed by atoms with Gasteiger partial charge in [-0.15, -0.1) is 0 Å². The van der Waals surface area contributed by atoms with Crippen LogP contribution in [0, 0.1) is 5.92 Å². The molecule has 1 fully saturated rings. The van der Waals surface area contributed by atoms with E-state index in [0.29, 0.717) is 17.7 Å². The lowest BCUT2D eigenvalue weighted by Crippen LogP contribution is -2.22. The summed E-state index contributed by atoms with van der Waals surface area (Å²) in [4.78, 5) is 25.5. The topological polar surface area (TPSA) is 60.3 Å². The third kappa shape index (κ3) is 6.72. The number of amides is 1. The van der Waals surface area contributed by atoms with Crippen LogP contribution in [0.5, 0.6) is 0 Å². The van der Waals surface area contributed by atoms with Crippen molar-refractivity contribution in [3.8, 4) is 0 Å². The molecule has 4 rings (SSSR count).